The molecular weight excluding hydrogens is 395 g/mol. The highest BCUT2D eigenvalue weighted by atomic mass is 35.5. The molecule has 0 amide bonds. The van der Waals surface area contributed by atoms with Gasteiger partial charge in [-0.05, 0) is 41.7 Å². The van der Waals surface area contributed by atoms with Crippen LogP contribution < -0.4 is 4.74 Å². The highest BCUT2D eigenvalue weighted by Gasteiger charge is 2.29. The Morgan fingerprint density at radius 3 is 2.14 bits per heavy atom. The summed E-state index contributed by atoms with van der Waals surface area (Å²) in [5.41, 5.74) is 1.79. The van der Waals surface area contributed by atoms with E-state index in [0.29, 0.717) is 10.6 Å². The third-order valence-corrected chi connectivity index (χ3v) is 5.14. The Morgan fingerprint density at radius 1 is 1.07 bits per heavy atom. The van der Waals surface area contributed by atoms with Crippen LogP contribution in [0.4, 0.5) is 0 Å². The lowest BCUT2D eigenvalue weighted by Crippen LogP contribution is -2.22. The smallest absolute Gasteiger partial charge is 0.346 e. The Labute approximate surface area is 176 Å². The van der Waals surface area contributed by atoms with Crippen LogP contribution in [0.15, 0.2) is 18.2 Å². The summed E-state index contributed by atoms with van der Waals surface area (Å²) in [5.74, 6) is -0.708. The highest BCUT2D eigenvalue weighted by molar-refractivity contribution is 6.36. The molecule has 0 atom stereocenters. The van der Waals surface area contributed by atoms with Crippen molar-refractivity contribution in [2.45, 2.75) is 59.3 Å². The number of aromatic nitrogens is 1. The zero-order valence-electron chi connectivity index (χ0n) is 17.2. The van der Waals surface area contributed by atoms with Crippen LogP contribution in [-0.4, -0.2) is 11.0 Å². The highest BCUT2D eigenvalue weighted by Crippen LogP contribution is 2.35. The van der Waals surface area contributed by atoms with Gasteiger partial charge in [0.2, 0.25) is 5.88 Å². The van der Waals surface area contributed by atoms with Crippen molar-refractivity contribution >= 4 is 29.2 Å². The number of hydrogen-bond donors (Lipinski definition) is 0. The van der Waals surface area contributed by atoms with E-state index in [1.165, 1.54) is 6.07 Å². The molecule has 148 valence electrons. The van der Waals surface area contributed by atoms with Crippen molar-refractivity contribution in [1.29, 1.82) is 5.26 Å². The molecule has 0 aliphatic rings. The first-order chi connectivity index (χ1) is 12.8. The number of esters is 1. The molecule has 6 heteroatoms. The number of carbonyl (C=O) groups excluding carboxylic acids is 1. The van der Waals surface area contributed by atoms with Crippen molar-refractivity contribution in [3.8, 4) is 11.9 Å². The Bertz CT molecular complexity index is 978. The largest absolute Gasteiger partial charge is 0.402 e. The van der Waals surface area contributed by atoms with E-state index in [0.717, 1.165) is 11.3 Å². The summed E-state index contributed by atoms with van der Waals surface area (Å²) in [5, 5.41) is 10.4. The number of carbonyl (C=O) groups is 1. The van der Waals surface area contributed by atoms with E-state index in [4.69, 9.17) is 27.9 Å². The molecule has 0 bridgehead atoms. The van der Waals surface area contributed by atoms with Gasteiger partial charge in [-0.2, -0.15) is 5.26 Å². The maximum atomic E-state index is 12.9. The molecule has 0 aliphatic heterocycles. The molecule has 1 aromatic heterocycles. The van der Waals surface area contributed by atoms with Crippen LogP contribution in [0.2, 0.25) is 10.0 Å². The summed E-state index contributed by atoms with van der Waals surface area (Å²) in [6.45, 7) is 13.7. The predicted molar refractivity (Wildman–Crippen MR) is 113 cm³/mol. The van der Waals surface area contributed by atoms with Crippen molar-refractivity contribution in [1.82, 2.24) is 4.98 Å². The quantitative estimate of drug-likeness (QED) is 0.530. The molecule has 0 aliphatic carbocycles. The third-order valence-electron chi connectivity index (χ3n) is 4.42. The normalized spacial score (nSPS) is 11.9. The maximum absolute atomic E-state index is 12.9. The first-order valence-electron chi connectivity index (χ1n) is 8.90. The van der Waals surface area contributed by atoms with Crippen molar-refractivity contribution < 1.29 is 9.53 Å². The minimum Gasteiger partial charge on any atom is -0.402 e. The van der Waals surface area contributed by atoms with E-state index in [1.54, 1.807) is 13.0 Å². The van der Waals surface area contributed by atoms with Gasteiger partial charge < -0.3 is 4.74 Å². The number of hydrogen-bond acceptors (Lipinski definition) is 4. The minimum atomic E-state index is -0.695. The number of pyridine rings is 1. The number of ether oxygens (including phenoxy) is 1. The van der Waals surface area contributed by atoms with Crippen LogP contribution in [0.3, 0.4) is 0 Å². The van der Waals surface area contributed by atoms with E-state index >= 15 is 0 Å². The second kappa shape index (κ2) is 7.73. The lowest BCUT2D eigenvalue weighted by Gasteiger charge is -2.26. The molecule has 1 aromatic carbocycles. The third kappa shape index (κ3) is 4.48. The number of nitriles is 1. The van der Waals surface area contributed by atoms with E-state index < -0.39 is 5.97 Å². The van der Waals surface area contributed by atoms with Gasteiger partial charge in [-0.3, -0.25) is 0 Å². The zero-order valence-corrected chi connectivity index (χ0v) is 18.7. The summed E-state index contributed by atoms with van der Waals surface area (Å²) in [6.07, 6.45) is 0. The Morgan fingerprint density at radius 2 is 1.64 bits per heavy atom. The van der Waals surface area contributed by atoms with E-state index in [1.807, 2.05) is 47.6 Å². The SMILES string of the molecule is Cc1c(Cl)ccc(Cl)c1C(=O)Oc1nc(C(C)(C)C)cc(C(C)(C)C)c1C#N. The lowest BCUT2D eigenvalue weighted by molar-refractivity contribution is 0.0725. The summed E-state index contributed by atoms with van der Waals surface area (Å²) < 4.78 is 5.60. The zero-order chi connectivity index (χ0) is 21.4. The molecule has 2 aromatic rings. The summed E-state index contributed by atoms with van der Waals surface area (Å²) in [6, 6.07) is 7.22. The molecule has 0 fully saturated rings. The molecule has 0 radical (unpaired) electrons. The molecule has 28 heavy (non-hydrogen) atoms. The fourth-order valence-corrected chi connectivity index (χ4v) is 3.16. The van der Waals surface area contributed by atoms with Gasteiger partial charge in [0.1, 0.15) is 11.6 Å². The van der Waals surface area contributed by atoms with E-state index in [9.17, 15) is 10.1 Å². The summed E-state index contributed by atoms with van der Waals surface area (Å²) >= 11 is 12.3. The standard InChI is InChI=1S/C22H24Cl2N2O2/c1-12-15(23)8-9-16(24)18(12)20(27)28-19-13(11-25)14(21(2,3)4)10-17(26-19)22(5,6)7/h8-10H,1-7H3. The van der Waals surface area contributed by atoms with Crippen molar-refractivity contribution in [3.05, 3.63) is 56.2 Å². The van der Waals surface area contributed by atoms with Gasteiger partial charge in [-0.15, -0.1) is 0 Å². The minimum absolute atomic E-state index is 0.0136. The molecule has 1 heterocycles. The second-order valence-electron chi connectivity index (χ2n) is 8.77. The number of rotatable bonds is 2. The van der Waals surface area contributed by atoms with Gasteiger partial charge in [0.15, 0.2) is 0 Å². The van der Waals surface area contributed by atoms with Gasteiger partial charge in [-0.1, -0.05) is 64.7 Å². The number of halogens is 2. The van der Waals surface area contributed by atoms with Crippen LogP contribution in [0.1, 0.15) is 74.3 Å². The second-order valence-corrected chi connectivity index (χ2v) is 9.58. The fraction of sp³-hybridized carbons (Fsp3) is 0.409. The molecule has 0 spiro atoms. The van der Waals surface area contributed by atoms with Gasteiger partial charge >= 0.3 is 5.97 Å². The fourth-order valence-electron chi connectivity index (χ4n) is 2.72. The van der Waals surface area contributed by atoms with Crippen molar-refractivity contribution in [2.75, 3.05) is 0 Å². The Kier molecular flexibility index (Phi) is 6.13. The first kappa shape index (κ1) is 22.2. The van der Waals surface area contributed by atoms with Crippen molar-refractivity contribution in [3.63, 3.8) is 0 Å². The van der Waals surface area contributed by atoms with Crippen LogP contribution >= 0.6 is 23.2 Å². The molecule has 4 nitrogen and oxygen atoms in total. The van der Waals surface area contributed by atoms with Crippen LogP contribution in [-0.2, 0) is 10.8 Å². The summed E-state index contributed by atoms with van der Waals surface area (Å²) in [7, 11) is 0. The molecule has 0 saturated carbocycles. The van der Waals surface area contributed by atoms with Gasteiger partial charge in [0.05, 0.1) is 16.3 Å². The number of benzene rings is 1. The van der Waals surface area contributed by atoms with E-state index in [2.05, 4.69) is 11.1 Å². The maximum Gasteiger partial charge on any atom is 0.346 e. The predicted octanol–water partition coefficient (Wildman–Crippen LogP) is 6.38. The van der Waals surface area contributed by atoms with Crippen LogP contribution in [0.25, 0.3) is 0 Å². The molecule has 0 unspecified atom stereocenters. The Balaban J connectivity index is 2.67. The molecule has 2 rings (SSSR count). The topological polar surface area (TPSA) is 63.0 Å². The van der Waals surface area contributed by atoms with Gasteiger partial charge in [-0.25, -0.2) is 9.78 Å². The van der Waals surface area contributed by atoms with E-state index in [-0.39, 0.29) is 32.9 Å². The van der Waals surface area contributed by atoms with Crippen molar-refractivity contribution in [2.24, 2.45) is 0 Å². The van der Waals surface area contributed by atoms with Crippen LogP contribution in [0.5, 0.6) is 5.88 Å². The summed E-state index contributed by atoms with van der Waals surface area (Å²) in [4.78, 5) is 17.4. The monoisotopic (exact) mass is 418 g/mol. The molecule has 0 N–H and O–H groups in total. The average molecular weight is 419 g/mol. The van der Waals surface area contributed by atoms with Crippen LogP contribution in [0, 0.1) is 18.3 Å². The average Bonchev–Trinajstić information content (AvgIpc) is 2.56. The molecule has 0 saturated heterocycles. The lowest BCUT2D eigenvalue weighted by atomic mass is 9.81. The Hall–Kier alpha value is -2.09. The number of nitrogens with zero attached hydrogens (tertiary/aromatic N) is 2. The van der Waals surface area contributed by atoms with Gasteiger partial charge in [0.25, 0.3) is 0 Å². The molecular formula is C22H24Cl2N2O2. The first-order valence-corrected chi connectivity index (χ1v) is 9.66. The van der Waals surface area contributed by atoms with Gasteiger partial charge in [0, 0.05) is 10.4 Å².